The van der Waals surface area contributed by atoms with Crippen LogP contribution in [0, 0.1) is 11.8 Å². The Balaban J connectivity index is 0.00000204. The summed E-state index contributed by atoms with van der Waals surface area (Å²) in [7, 11) is 0. The van der Waals surface area contributed by atoms with E-state index in [2.05, 4.69) is 9.97 Å². The molecule has 8 heteroatoms. The molecule has 0 bridgehead atoms. The van der Waals surface area contributed by atoms with Crippen molar-refractivity contribution in [1.82, 2.24) is 9.97 Å². The van der Waals surface area contributed by atoms with Gasteiger partial charge in [0.2, 0.25) is 0 Å². The van der Waals surface area contributed by atoms with Crippen LogP contribution < -0.4 is 4.74 Å². The monoisotopic (exact) mass is 418 g/mol. The number of rotatable bonds is 9. The fourth-order valence-corrected chi connectivity index (χ4v) is 2.68. The summed E-state index contributed by atoms with van der Waals surface area (Å²) in [5.74, 6) is -0.289. The molecule has 0 amide bonds. The Kier molecular flexibility index (Phi) is 10.5. The van der Waals surface area contributed by atoms with Gasteiger partial charge >= 0.3 is 0 Å². The lowest BCUT2D eigenvalue weighted by Gasteiger charge is -2.18. The lowest BCUT2D eigenvalue weighted by molar-refractivity contribution is 0.134. The highest BCUT2D eigenvalue weighted by atomic mass is 19.3. The van der Waals surface area contributed by atoms with E-state index in [1.54, 1.807) is 0 Å². The fourth-order valence-electron chi connectivity index (χ4n) is 2.68. The van der Waals surface area contributed by atoms with Crippen LogP contribution in [-0.4, -0.2) is 23.2 Å². The Bertz CT molecular complexity index is 741. The maximum atomic E-state index is 13.4. The Morgan fingerprint density at radius 3 is 2.24 bits per heavy atom. The normalized spacial score (nSPS) is 12.1. The first-order valence-electron chi connectivity index (χ1n) is 9.54. The lowest BCUT2D eigenvalue weighted by atomic mass is 9.99. The van der Waals surface area contributed by atoms with Gasteiger partial charge in [0.05, 0.1) is 19.0 Å². The van der Waals surface area contributed by atoms with E-state index < -0.39 is 36.8 Å². The van der Waals surface area contributed by atoms with E-state index in [1.807, 2.05) is 27.7 Å². The highest BCUT2D eigenvalue weighted by molar-refractivity contribution is 5.60. The van der Waals surface area contributed by atoms with Crippen LogP contribution in [0.4, 0.5) is 22.0 Å². The summed E-state index contributed by atoms with van der Waals surface area (Å²) in [6, 6.07) is 5.21. The average molecular weight is 418 g/mol. The first kappa shape index (κ1) is 24.8. The molecule has 0 spiro atoms. The summed E-state index contributed by atoms with van der Waals surface area (Å²) in [6.45, 7) is 7.22. The topological polar surface area (TPSA) is 35.0 Å². The van der Waals surface area contributed by atoms with Gasteiger partial charge in [0, 0.05) is 17.7 Å². The van der Waals surface area contributed by atoms with Gasteiger partial charge in [-0.3, -0.25) is 9.37 Å². The quantitative estimate of drug-likeness (QED) is 0.409. The van der Waals surface area contributed by atoms with Crippen LogP contribution in [0.1, 0.15) is 58.4 Å². The first-order valence-corrected chi connectivity index (χ1v) is 9.54. The molecule has 1 unspecified atom stereocenters. The minimum absolute atomic E-state index is 0.0415. The summed E-state index contributed by atoms with van der Waals surface area (Å²) in [5.41, 5.74) is -0.723. The number of nitrogens with zero attached hydrogens (tertiary/aromatic N) is 2. The van der Waals surface area contributed by atoms with Crippen LogP contribution in [0.3, 0.4) is 0 Å². The minimum Gasteiger partial charge on any atom is -0.491 e. The summed E-state index contributed by atoms with van der Waals surface area (Å²) in [5, 5.41) is 0. The predicted octanol–water partition coefficient (Wildman–Crippen LogP) is 7.06. The molecule has 0 saturated heterocycles. The second kappa shape index (κ2) is 12.3. The molecule has 0 aromatic carbocycles. The number of ether oxygens (including phenoxy) is 1. The predicted molar refractivity (Wildman–Crippen MR) is 103 cm³/mol. The molecule has 0 aliphatic carbocycles. The zero-order valence-corrected chi connectivity index (χ0v) is 17.0. The first-order chi connectivity index (χ1) is 13.8. The second-order valence-corrected chi connectivity index (χ2v) is 6.61. The SMILES string of the molecule is CC.CC(C)CC(CF)COc1ccc(-c2ccnc(C(F)F)c2)nc1C(F)F. The third-order valence-corrected chi connectivity index (χ3v) is 3.89. The molecular formula is C21H27F5N2O. The van der Waals surface area contributed by atoms with Gasteiger partial charge in [-0.25, -0.2) is 22.5 Å². The zero-order chi connectivity index (χ0) is 22.0. The van der Waals surface area contributed by atoms with E-state index in [0.717, 1.165) is 6.07 Å². The molecule has 3 nitrogen and oxygen atoms in total. The molecule has 0 radical (unpaired) electrons. The number of hydrogen-bond donors (Lipinski definition) is 0. The van der Waals surface area contributed by atoms with Crippen molar-refractivity contribution in [3.8, 4) is 17.0 Å². The van der Waals surface area contributed by atoms with Crippen molar-refractivity contribution < 1.29 is 26.7 Å². The van der Waals surface area contributed by atoms with Crippen LogP contribution in [0.15, 0.2) is 30.5 Å². The summed E-state index contributed by atoms with van der Waals surface area (Å²) in [4.78, 5) is 7.40. The molecule has 29 heavy (non-hydrogen) atoms. The Morgan fingerprint density at radius 1 is 1.00 bits per heavy atom. The van der Waals surface area contributed by atoms with Gasteiger partial charge in [-0.15, -0.1) is 0 Å². The van der Waals surface area contributed by atoms with Gasteiger partial charge in [0.1, 0.15) is 17.1 Å². The maximum Gasteiger partial charge on any atom is 0.284 e. The molecule has 0 aliphatic heterocycles. The van der Waals surface area contributed by atoms with Gasteiger partial charge in [0.15, 0.2) is 0 Å². The van der Waals surface area contributed by atoms with Crippen molar-refractivity contribution in [3.05, 3.63) is 41.9 Å². The molecule has 0 fully saturated rings. The fraction of sp³-hybridized carbons (Fsp3) is 0.524. The number of alkyl halides is 5. The van der Waals surface area contributed by atoms with E-state index in [9.17, 15) is 22.0 Å². The zero-order valence-electron chi connectivity index (χ0n) is 17.0. The van der Waals surface area contributed by atoms with E-state index >= 15 is 0 Å². The summed E-state index contributed by atoms with van der Waals surface area (Å²) >= 11 is 0. The maximum absolute atomic E-state index is 13.4. The Hall–Kier alpha value is -2.25. The molecule has 162 valence electrons. The average Bonchev–Trinajstić information content (AvgIpc) is 2.72. The van der Waals surface area contributed by atoms with Crippen LogP contribution in [0.5, 0.6) is 5.75 Å². The van der Waals surface area contributed by atoms with E-state index in [1.165, 1.54) is 24.4 Å². The van der Waals surface area contributed by atoms with Gasteiger partial charge in [0.25, 0.3) is 12.9 Å². The molecule has 2 aromatic heterocycles. The van der Waals surface area contributed by atoms with Crippen LogP contribution in [-0.2, 0) is 0 Å². The number of halogens is 5. The van der Waals surface area contributed by atoms with Gasteiger partial charge in [-0.1, -0.05) is 27.7 Å². The van der Waals surface area contributed by atoms with Crippen molar-refractivity contribution in [2.75, 3.05) is 13.3 Å². The molecule has 2 aromatic rings. The molecule has 2 rings (SSSR count). The molecule has 0 saturated carbocycles. The largest absolute Gasteiger partial charge is 0.491 e. The van der Waals surface area contributed by atoms with Crippen molar-refractivity contribution in [1.29, 1.82) is 0 Å². The molecule has 2 heterocycles. The van der Waals surface area contributed by atoms with Gasteiger partial charge < -0.3 is 4.74 Å². The smallest absolute Gasteiger partial charge is 0.284 e. The van der Waals surface area contributed by atoms with Crippen molar-refractivity contribution in [2.45, 2.75) is 47.0 Å². The van der Waals surface area contributed by atoms with Gasteiger partial charge in [-0.05, 0) is 36.6 Å². The standard InChI is InChI=1S/C19H21F5N2O.C2H6/c1-11(2)7-12(9-20)10-27-16-4-3-14(26-17(16)19(23)24)13-5-6-25-15(8-13)18(21)22;1-2/h3-6,8,11-12,18-19H,7,9-10H2,1-2H3;1-2H3. The Morgan fingerprint density at radius 2 is 1.69 bits per heavy atom. The van der Waals surface area contributed by atoms with Gasteiger partial charge in [-0.2, -0.15) is 0 Å². The van der Waals surface area contributed by atoms with Crippen molar-refractivity contribution >= 4 is 0 Å². The number of aromatic nitrogens is 2. The lowest BCUT2D eigenvalue weighted by Crippen LogP contribution is -2.17. The molecule has 0 aliphatic rings. The number of pyridine rings is 2. The van der Waals surface area contributed by atoms with E-state index in [0.29, 0.717) is 6.42 Å². The third kappa shape index (κ3) is 7.59. The highest BCUT2D eigenvalue weighted by Gasteiger charge is 2.20. The summed E-state index contributed by atoms with van der Waals surface area (Å²) < 4.78 is 70.8. The van der Waals surface area contributed by atoms with E-state index in [4.69, 9.17) is 4.74 Å². The Labute approximate surface area is 168 Å². The third-order valence-electron chi connectivity index (χ3n) is 3.89. The van der Waals surface area contributed by atoms with Crippen LogP contribution >= 0.6 is 0 Å². The summed E-state index contributed by atoms with van der Waals surface area (Å²) in [6.07, 6.45) is -3.96. The second-order valence-electron chi connectivity index (χ2n) is 6.61. The van der Waals surface area contributed by atoms with Crippen molar-refractivity contribution in [3.63, 3.8) is 0 Å². The van der Waals surface area contributed by atoms with Crippen LogP contribution in [0.25, 0.3) is 11.3 Å². The highest BCUT2D eigenvalue weighted by Crippen LogP contribution is 2.31. The van der Waals surface area contributed by atoms with Crippen molar-refractivity contribution in [2.24, 2.45) is 11.8 Å². The van der Waals surface area contributed by atoms with E-state index in [-0.39, 0.29) is 29.5 Å². The molecular weight excluding hydrogens is 391 g/mol. The minimum atomic E-state index is -2.93. The molecule has 1 atom stereocenters. The molecule has 0 N–H and O–H groups in total. The van der Waals surface area contributed by atoms with Crippen LogP contribution in [0.2, 0.25) is 0 Å². The number of hydrogen-bond acceptors (Lipinski definition) is 3.